The first-order chi connectivity index (χ1) is 11.2. The molecule has 1 fully saturated rings. The molecule has 7 heteroatoms. The predicted molar refractivity (Wildman–Crippen MR) is 71.3 cm³/mol. The van der Waals surface area contributed by atoms with Gasteiger partial charge in [0.2, 0.25) is 5.95 Å². The van der Waals surface area contributed by atoms with Gasteiger partial charge in [-0.3, -0.25) is 0 Å². The average Bonchev–Trinajstić information content (AvgIpc) is 2.60. The second kappa shape index (κ2) is 4.82. The van der Waals surface area contributed by atoms with Crippen molar-refractivity contribution in [1.29, 1.82) is 0 Å². The normalized spacial score (nSPS) is 24.2. The Bertz CT molecular complexity index is 709. The van der Waals surface area contributed by atoms with Crippen LogP contribution in [0.15, 0.2) is 12.1 Å². The van der Waals surface area contributed by atoms with E-state index in [1.807, 2.05) is 0 Å². The molecule has 0 radical (unpaired) electrons. The maximum Gasteiger partial charge on any atom is 0.495 e. The van der Waals surface area contributed by atoms with Gasteiger partial charge in [0.05, 0.1) is 25.1 Å². The van der Waals surface area contributed by atoms with E-state index in [4.69, 9.17) is 16.2 Å². The van der Waals surface area contributed by atoms with E-state index in [0.717, 1.165) is 0 Å². The largest absolute Gasteiger partial charge is 0.495 e. The van der Waals surface area contributed by atoms with Crippen LogP contribution in [0.25, 0.3) is 0 Å². The summed E-state index contributed by atoms with van der Waals surface area (Å²) >= 11 is 0. The number of aromatic nitrogens is 1. The topological polar surface area (TPSA) is 57.7 Å². The third kappa shape index (κ3) is 2.55. The van der Waals surface area contributed by atoms with Crippen LogP contribution in [0, 0.1) is 5.95 Å². The summed E-state index contributed by atoms with van der Waals surface area (Å²) in [6.07, 6.45) is 0. The number of hydrogen-bond acceptors (Lipinski definition) is 5. The van der Waals surface area contributed by atoms with Crippen LogP contribution in [-0.4, -0.2) is 36.3 Å². The van der Waals surface area contributed by atoms with Crippen molar-refractivity contribution in [3.8, 4) is 0 Å². The van der Waals surface area contributed by atoms with Crippen molar-refractivity contribution >= 4 is 18.6 Å². The Morgan fingerprint density at radius 3 is 2.55 bits per heavy atom. The summed E-state index contributed by atoms with van der Waals surface area (Å²) in [6, 6.07) is -1.45. The summed E-state index contributed by atoms with van der Waals surface area (Å²) in [5, 5.41) is 0. The molecule has 2 rings (SSSR count). The third-order valence-electron chi connectivity index (χ3n) is 3.48. The SMILES string of the molecule is [2H]c1c(F)nc(C(=O)OC([2H])([2H])[2H])c([2H])c1B1OC(C)(C)C(C)(C)O1. The average molecular weight is 286 g/mol. The second-order valence-electron chi connectivity index (χ2n) is 5.39. The zero-order valence-corrected chi connectivity index (χ0v) is 11.5. The smallest absolute Gasteiger partial charge is 0.464 e. The van der Waals surface area contributed by atoms with E-state index in [9.17, 15) is 9.18 Å². The van der Waals surface area contributed by atoms with Crippen molar-refractivity contribution in [2.24, 2.45) is 0 Å². The van der Waals surface area contributed by atoms with Crippen LogP contribution in [-0.2, 0) is 14.0 Å². The van der Waals surface area contributed by atoms with E-state index in [-0.39, 0.29) is 5.46 Å². The summed E-state index contributed by atoms with van der Waals surface area (Å²) < 4.78 is 66.2. The van der Waals surface area contributed by atoms with Gasteiger partial charge >= 0.3 is 13.1 Å². The van der Waals surface area contributed by atoms with E-state index in [2.05, 4.69) is 9.72 Å². The molecule has 0 N–H and O–H groups in total. The standard InChI is InChI=1S/C13H17BFNO4/c1-12(2)13(3,4)20-14(19-12)8-6-9(11(17)18-5)16-10(15)7-8/h6-7H,1-5H3/i5D3,6D,7D. The van der Waals surface area contributed by atoms with Gasteiger partial charge in [-0.2, -0.15) is 4.39 Å². The Labute approximate surface area is 124 Å². The third-order valence-corrected chi connectivity index (χ3v) is 3.48. The van der Waals surface area contributed by atoms with Crippen molar-refractivity contribution in [2.45, 2.75) is 38.9 Å². The molecular formula is C13H17BFNO4. The van der Waals surface area contributed by atoms with Gasteiger partial charge in [-0.15, -0.1) is 0 Å². The van der Waals surface area contributed by atoms with Crippen molar-refractivity contribution < 1.29 is 30.1 Å². The molecule has 0 atom stereocenters. The first kappa shape index (κ1) is 9.47. The van der Waals surface area contributed by atoms with Crippen molar-refractivity contribution in [1.82, 2.24) is 4.98 Å². The molecule has 20 heavy (non-hydrogen) atoms. The summed E-state index contributed by atoms with van der Waals surface area (Å²) in [7, 11) is -4.37. The summed E-state index contributed by atoms with van der Waals surface area (Å²) in [6.45, 7) is 6.90. The van der Waals surface area contributed by atoms with Gasteiger partial charge in [0.25, 0.3) is 0 Å². The molecule has 0 aromatic carbocycles. The zero-order chi connectivity index (χ0) is 19.4. The molecule has 0 spiro atoms. The summed E-state index contributed by atoms with van der Waals surface area (Å²) in [5.74, 6) is -2.86. The Hall–Kier alpha value is -1.47. The molecule has 2 heterocycles. The van der Waals surface area contributed by atoms with E-state index in [1.54, 1.807) is 27.7 Å². The molecular weight excluding hydrogens is 264 g/mol. The molecule has 0 bridgehead atoms. The maximum absolute atomic E-state index is 14.0. The number of ether oxygens (including phenoxy) is 1. The lowest BCUT2D eigenvalue weighted by atomic mass is 9.79. The number of esters is 1. The molecule has 1 aromatic heterocycles. The molecule has 0 unspecified atom stereocenters. The van der Waals surface area contributed by atoms with Gasteiger partial charge in [-0.1, -0.05) is 0 Å². The summed E-state index contributed by atoms with van der Waals surface area (Å²) in [5.41, 5.74) is -2.87. The second-order valence-corrected chi connectivity index (χ2v) is 5.39. The molecule has 1 aliphatic heterocycles. The fraction of sp³-hybridized carbons (Fsp3) is 0.538. The number of halogens is 1. The number of carbonyl (C=O) groups is 1. The van der Waals surface area contributed by atoms with E-state index < -0.39 is 55.1 Å². The van der Waals surface area contributed by atoms with Gasteiger partial charge in [0.1, 0.15) is 0 Å². The van der Waals surface area contributed by atoms with Crippen LogP contribution in [0.4, 0.5) is 4.39 Å². The summed E-state index contributed by atoms with van der Waals surface area (Å²) in [4.78, 5) is 15.1. The van der Waals surface area contributed by atoms with Crippen LogP contribution in [0.1, 0.15) is 45.0 Å². The highest BCUT2D eigenvalue weighted by Crippen LogP contribution is 2.36. The minimum Gasteiger partial charge on any atom is -0.464 e. The fourth-order valence-corrected chi connectivity index (χ4v) is 1.65. The first-order valence-electron chi connectivity index (χ1n) is 8.42. The van der Waals surface area contributed by atoms with Gasteiger partial charge in [0.15, 0.2) is 5.69 Å². The molecule has 1 saturated heterocycles. The van der Waals surface area contributed by atoms with Crippen molar-refractivity contribution in [2.75, 3.05) is 7.04 Å². The van der Waals surface area contributed by atoms with E-state index in [1.165, 1.54) is 0 Å². The number of rotatable bonds is 2. The van der Waals surface area contributed by atoms with Crippen LogP contribution >= 0.6 is 0 Å². The molecule has 108 valence electrons. The lowest BCUT2D eigenvalue weighted by Gasteiger charge is -2.32. The van der Waals surface area contributed by atoms with E-state index in [0.29, 0.717) is 0 Å². The van der Waals surface area contributed by atoms with E-state index >= 15 is 0 Å². The minimum atomic E-state index is -3.08. The monoisotopic (exact) mass is 286 g/mol. The molecule has 5 nitrogen and oxygen atoms in total. The number of methoxy groups -OCH3 is 1. The van der Waals surface area contributed by atoms with Crippen molar-refractivity contribution in [3.63, 3.8) is 0 Å². The van der Waals surface area contributed by atoms with Crippen molar-refractivity contribution in [3.05, 3.63) is 23.7 Å². The quantitative estimate of drug-likeness (QED) is 0.466. The first-order valence-corrected chi connectivity index (χ1v) is 5.92. The lowest BCUT2D eigenvalue weighted by molar-refractivity contribution is 0.00578. The Morgan fingerprint density at radius 2 is 2.00 bits per heavy atom. The van der Waals surface area contributed by atoms with Gasteiger partial charge in [-0.05, 0) is 45.2 Å². The van der Waals surface area contributed by atoms with Crippen LogP contribution in [0.3, 0.4) is 0 Å². The highest BCUT2D eigenvalue weighted by molar-refractivity contribution is 6.62. The van der Waals surface area contributed by atoms with Crippen LogP contribution in [0.2, 0.25) is 0 Å². The molecule has 0 saturated carbocycles. The zero-order valence-electron chi connectivity index (χ0n) is 16.5. The Balaban J connectivity index is 2.52. The highest BCUT2D eigenvalue weighted by atomic mass is 19.1. The Morgan fingerprint density at radius 1 is 1.40 bits per heavy atom. The predicted octanol–water partition coefficient (Wildman–Crippen LogP) is 1.31. The van der Waals surface area contributed by atoms with Crippen LogP contribution < -0.4 is 5.46 Å². The number of pyridine rings is 1. The number of hydrogen-bond donors (Lipinski definition) is 0. The minimum absolute atomic E-state index is 0.358. The molecule has 0 aliphatic carbocycles. The van der Waals surface area contributed by atoms with Gasteiger partial charge in [0, 0.05) is 0 Å². The van der Waals surface area contributed by atoms with Gasteiger partial charge < -0.3 is 14.0 Å². The Kier molecular flexibility index (Phi) is 2.28. The molecule has 1 aliphatic rings. The van der Waals surface area contributed by atoms with Gasteiger partial charge in [-0.25, -0.2) is 9.78 Å². The highest BCUT2D eigenvalue weighted by Gasteiger charge is 2.51. The molecule has 0 amide bonds. The number of carbonyl (C=O) groups excluding carboxylic acids is 1. The van der Waals surface area contributed by atoms with Crippen LogP contribution in [0.5, 0.6) is 0 Å². The number of nitrogens with zero attached hydrogens (tertiary/aromatic N) is 1. The maximum atomic E-state index is 14.0. The lowest BCUT2D eigenvalue weighted by Crippen LogP contribution is -2.41. The fourth-order valence-electron chi connectivity index (χ4n) is 1.65. The molecule has 1 aromatic rings.